The van der Waals surface area contributed by atoms with Crippen molar-refractivity contribution in [3.63, 3.8) is 0 Å². The first kappa shape index (κ1) is 11.0. The van der Waals surface area contributed by atoms with E-state index in [-0.39, 0.29) is 0 Å². The van der Waals surface area contributed by atoms with Gasteiger partial charge in [0.1, 0.15) is 5.82 Å². The van der Waals surface area contributed by atoms with Crippen LogP contribution in [0.4, 0.5) is 0 Å². The smallest absolute Gasteiger partial charge is 0.117 e. The molecular weight excluding hydrogens is 220 g/mol. The van der Waals surface area contributed by atoms with E-state index >= 15 is 0 Å². The maximum absolute atomic E-state index is 4.56. The first-order valence-electron chi connectivity index (χ1n) is 6.22. The molecule has 18 heavy (non-hydrogen) atoms. The lowest BCUT2D eigenvalue weighted by Gasteiger charge is -2.05. The van der Waals surface area contributed by atoms with Crippen LogP contribution in [0.3, 0.4) is 0 Å². The number of nitrogens with zero attached hydrogens (tertiary/aromatic N) is 2. The molecule has 0 aliphatic heterocycles. The van der Waals surface area contributed by atoms with E-state index in [0.717, 1.165) is 12.2 Å². The van der Waals surface area contributed by atoms with Crippen molar-refractivity contribution in [2.45, 2.75) is 20.3 Å². The van der Waals surface area contributed by atoms with Crippen LogP contribution in [-0.4, -0.2) is 9.38 Å². The van der Waals surface area contributed by atoms with Gasteiger partial charge in [0.2, 0.25) is 0 Å². The highest BCUT2D eigenvalue weighted by atomic mass is 15.0. The van der Waals surface area contributed by atoms with E-state index in [1.165, 1.54) is 22.2 Å². The Morgan fingerprint density at radius 1 is 1.00 bits per heavy atom. The Kier molecular flexibility index (Phi) is 2.63. The Morgan fingerprint density at radius 3 is 2.61 bits per heavy atom. The Labute approximate surface area is 107 Å². The van der Waals surface area contributed by atoms with Gasteiger partial charge in [-0.1, -0.05) is 30.3 Å². The summed E-state index contributed by atoms with van der Waals surface area (Å²) in [5.74, 6) is 1.10. The number of aromatic nitrogens is 2. The zero-order valence-electron chi connectivity index (χ0n) is 10.7. The average molecular weight is 236 g/mol. The molecule has 0 fully saturated rings. The summed E-state index contributed by atoms with van der Waals surface area (Å²) < 4.78 is 2.18. The largest absolute Gasteiger partial charge is 0.303 e. The molecule has 0 saturated heterocycles. The van der Waals surface area contributed by atoms with Gasteiger partial charge in [-0.3, -0.25) is 0 Å². The first-order chi connectivity index (χ1) is 8.75. The number of imidazole rings is 1. The third-order valence-corrected chi connectivity index (χ3v) is 3.47. The fourth-order valence-electron chi connectivity index (χ4n) is 2.33. The summed E-state index contributed by atoms with van der Waals surface area (Å²) in [5, 5.41) is 0. The van der Waals surface area contributed by atoms with E-state index in [4.69, 9.17) is 0 Å². The van der Waals surface area contributed by atoms with E-state index in [9.17, 15) is 0 Å². The Morgan fingerprint density at radius 2 is 1.78 bits per heavy atom. The first-order valence-corrected chi connectivity index (χ1v) is 6.22. The monoisotopic (exact) mass is 236 g/mol. The lowest BCUT2D eigenvalue weighted by atomic mass is 10.1. The van der Waals surface area contributed by atoms with Crippen molar-refractivity contribution in [2.24, 2.45) is 0 Å². The van der Waals surface area contributed by atoms with Gasteiger partial charge < -0.3 is 4.40 Å². The molecule has 2 heterocycles. The Bertz CT molecular complexity index is 695. The maximum Gasteiger partial charge on any atom is 0.117 e. The van der Waals surface area contributed by atoms with Crippen LogP contribution in [0, 0.1) is 13.8 Å². The van der Waals surface area contributed by atoms with Crippen molar-refractivity contribution in [1.82, 2.24) is 9.38 Å². The molecule has 0 amide bonds. The molecule has 3 rings (SSSR count). The molecule has 0 aliphatic rings. The van der Waals surface area contributed by atoms with Gasteiger partial charge in [0, 0.05) is 12.6 Å². The standard InChI is InChI=1S/C16H16N2/c1-12-6-3-4-8-14(12)10-16-17-11-15-13(2)7-5-9-18(15)16/h3-9,11H,10H2,1-2H3. The molecule has 0 atom stereocenters. The van der Waals surface area contributed by atoms with E-state index in [1.54, 1.807) is 0 Å². The van der Waals surface area contributed by atoms with Crippen molar-refractivity contribution in [2.75, 3.05) is 0 Å². The highest BCUT2D eigenvalue weighted by molar-refractivity contribution is 5.53. The van der Waals surface area contributed by atoms with Crippen LogP contribution in [0.5, 0.6) is 0 Å². The minimum absolute atomic E-state index is 0.879. The summed E-state index contributed by atoms with van der Waals surface area (Å²) in [5.41, 5.74) is 5.12. The summed E-state index contributed by atoms with van der Waals surface area (Å²) in [7, 11) is 0. The number of benzene rings is 1. The fraction of sp³-hybridized carbons (Fsp3) is 0.188. The zero-order chi connectivity index (χ0) is 12.5. The number of pyridine rings is 1. The van der Waals surface area contributed by atoms with Crippen LogP contribution in [0.2, 0.25) is 0 Å². The molecule has 0 N–H and O–H groups in total. The minimum Gasteiger partial charge on any atom is -0.303 e. The van der Waals surface area contributed by atoms with Crippen molar-refractivity contribution in [3.8, 4) is 0 Å². The van der Waals surface area contributed by atoms with Crippen molar-refractivity contribution in [3.05, 3.63) is 71.3 Å². The molecule has 0 radical (unpaired) electrons. The predicted octanol–water partition coefficient (Wildman–Crippen LogP) is 3.54. The highest BCUT2D eigenvalue weighted by Gasteiger charge is 2.07. The second kappa shape index (κ2) is 4.30. The van der Waals surface area contributed by atoms with Crippen molar-refractivity contribution in [1.29, 1.82) is 0 Å². The van der Waals surface area contributed by atoms with Gasteiger partial charge in [-0.25, -0.2) is 4.98 Å². The molecular formula is C16H16N2. The maximum atomic E-state index is 4.56. The van der Waals surface area contributed by atoms with Crippen LogP contribution in [0.25, 0.3) is 5.52 Å². The lowest BCUT2D eigenvalue weighted by Crippen LogP contribution is -1.98. The van der Waals surface area contributed by atoms with E-state index < -0.39 is 0 Å². The number of rotatable bonds is 2. The molecule has 0 aliphatic carbocycles. The van der Waals surface area contributed by atoms with Gasteiger partial charge >= 0.3 is 0 Å². The minimum atomic E-state index is 0.879. The molecule has 2 aromatic heterocycles. The fourth-order valence-corrected chi connectivity index (χ4v) is 2.33. The van der Waals surface area contributed by atoms with Gasteiger partial charge in [-0.2, -0.15) is 0 Å². The third-order valence-electron chi connectivity index (χ3n) is 3.47. The van der Waals surface area contributed by atoms with E-state index in [1.807, 2.05) is 6.20 Å². The molecule has 0 unspecified atom stereocenters. The Balaban J connectivity index is 2.06. The summed E-state index contributed by atoms with van der Waals surface area (Å²) >= 11 is 0. The molecule has 0 saturated carbocycles. The highest BCUT2D eigenvalue weighted by Crippen LogP contribution is 2.16. The molecule has 0 bridgehead atoms. The molecule has 90 valence electrons. The summed E-state index contributed by atoms with van der Waals surface area (Å²) in [4.78, 5) is 4.56. The van der Waals surface area contributed by atoms with Crippen molar-refractivity contribution >= 4 is 5.52 Å². The lowest BCUT2D eigenvalue weighted by molar-refractivity contribution is 0.952. The van der Waals surface area contributed by atoms with Gasteiger partial charge in [0.25, 0.3) is 0 Å². The molecule has 3 aromatic rings. The predicted molar refractivity (Wildman–Crippen MR) is 73.9 cm³/mol. The van der Waals surface area contributed by atoms with E-state index in [2.05, 4.69) is 65.8 Å². The van der Waals surface area contributed by atoms with Gasteiger partial charge in [-0.05, 0) is 36.6 Å². The van der Waals surface area contributed by atoms with Gasteiger partial charge in [-0.15, -0.1) is 0 Å². The van der Waals surface area contributed by atoms with Gasteiger partial charge in [0.05, 0.1) is 11.7 Å². The summed E-state index contributed by atoms with van der Waals surface area (Å²) in [6, 6.07) is 12.7. The van der Waals surface area contributed by atoms with Crippen molar-refractivity contribution < 1.29 is 0 Å². The van der Waals surface area contributed by atoms with Crippen LogP contribution < -0.4 is 0 Å². The Hall–Kier alpha value is -2.09. The molecule has 2 heteroatoms. The third kappa shape index (κ3) is 1.80. The number of aryl methyl sites for hydroxylation is 2. The SMILES string of the molecule is Cc1ccccc1Cc1ncc2c(C)cccn12. The summed E-state index contributed by atoms with van der Waals surface area (Å²) in [6.45, 7) is 4.27. The normalized spacial score (nSPS) is 11.0. The van der Waals surface area contributed by atoms with Crippen LogP contribution in [0.15, 0.2) is 48.8 Å². The zero-order valence-corrected chi connectivity index (χ0v) is 10.7. The van der Waals surface area contributed by atoms with E-state index in [0.29, 0.717) is 0 Å². The second-order valence-corrected chi connectivity index (χ2v) is 4.72. The van der Waals surface area contributed by atoms with Crippen LogP contribution >= 0.6 is 0 Å². The van der Waals surface area contributed by atoms with Gasteiger partial charge in [0.15, 0.2) is 0 Å². The topological polar surface area (TPSA) is 17.3 Å². The molecule has 0 spiro atoms. The molecule has 1 aromatic carbocycles. The second-order valence-electron chi connectivity index (χ2n) is 4.72. The molecule has 2 nitrogen and oxygen atoms in total. The van der Waals surface area contributed by atoms with Crippen LogP contribution in [-0.2, 0) is 6.42 Å². The number of hydrogen-bond donors (Lipinski definition) is 0. The number of fused-ring (bicyclic) bond motifs is 1. The number of hydrogen-bond acceptors (Lipinski definition) is 1. The quantitative estimate of drug-likeness (QED) is 0.665. The summed E-state index contributed by atoms with van der Waals surface area (Å²) in [6.07, 6.45) is 4.93. The van der Waals surface area contributed by atoms with Crippen LogP contribution in [0.1, 0.15) is 22.5 Å². The average Bonchev–Trinajstić information content (AvgIpc) is 2.77.